The third kappa shape index (κ3) is 3.73. The van der Waals surface area contributed by atoms with Crippen LogP contribution in [-0.2, 0) is 16.5 Å². The fourth-order valence-electron chi connectivity index (χ4n) is 2.95. The summed E-state index contributed by atoms with van der Waals surface area (Å²) in [5.74, 6) is 0.439. The average molecular weight is 372 g/mol. The zero-order valence-corrected chi connectivity index (χ0v) is 14.9. The lowest BCUT2D eigenvalue weighted by Crippen LogP contribution is -3.15. The van der Waals surface area contributed by atoms with E-state index in [1.54, 1.807) is 16.8 Å². The molecule has 1 unspecified atom stereocenters. The molecule has 1 aliphatic heterocycles. The van der Waals surface area contributed by atoms with Crippen LogP contribution < -0.4 is 4.90 Å². The van der Waals surface area contributed by atoms with Gasteiger partial charge in [0.1, 0.15) is 17.6 Å². The molecule has 1 fully saturated rings. The maximum Gasteiger partial charge on any atom is 0.292 e. The third-order valence-corrected chi connectivity index (χ3v) is 6.38. The molecular formula is C15H19FN3O3S2+. The van der Waals surface area contributed by atoms with Gasteiger partial charge in [0.15, 0.2) is 16.5 Å². The summed E-state index contributed by atoms with van der Waals surface area (Å²) in [5, 5.41) is 4.36. The SMILES string of the molecule is CC[NH+](Cn1nc(-c2ccc(F)cc2)oc1=S)[C@H]1CCS(=O)(=O)C1. The molecule has 9 heteroatoms. The van der Waals surface area contributed by atoms with Crippen molar-refractivity contribution in [2.75, 3.05) is 18.1 Å². The number of quaternary nitrogens is 1. The molecule has 130 valence electrons. The molecule has 1 aromatic carbocycles. The normalized spacial score (nSPS) is 21.0. The van der Waals surface area contributed by atoms with E-state index in [1.807, 2.05) is 6.92 Å². The van der Waals surface area contributed by atoms with Gasteiger partial charge >= 0.3 is 0 Å². The maximum atomic E-state index is 13.0. The summed E-state index contributed by atoms with van der Waals surface area (Å²) in [6, 6.07) is 5.87. The minimum absolute atomic E-state index is 0.0490. The van der Waals surface area contributed by atoms with E-state index in [1.165, 1.54) is 12.1 Å². The van der Waals surface area contributed by atoms with Gasteiger partial charge in [-0.05, 0) is 43.4 Å². The molecule has 0 radical (unpaired) electrons. The molecule has 2 heterocycles. The summed E-state index contributed by atoms with van der Waals surface area (Å²) in [6.07, 6.45) is 0.654. The molecule has 3 rings (SSSR count). The lowest BCUT2D eigenvalue weighted by Gasteiger charge is -2.22. The van der Waals surface area contributed by atoms with Crippen molar-refractivity contribution < 1.29 is 22.1 Å². The van der Waals surface area contributed by atoms with Crippen molar-refractivity contribution in [2.45, 2.75) is 26.1 Å². The fourth-order valence-corrected chi connectivity index (χ4v) is 4.96. The van der Waals surface area contributed by atoms with Gasteiger partial charge in [-0.25, -0.2) is 12.8 Å². The van der Waals surface area contributed by atoms with Gasteiger partial charge < -0.3 is 9.32 Å². The van der Waals surface area contributed by atoms with Crippen LogP contribution in [0.25, 0.3) is 11.5 Å². The van der Waals surface area contributed by atoms with Crippen molar-refractivity contribution in [3.05, 3.63) is 34.9 Å². The highest BCUT2D eigenvalue weighted by molar-refractivity contribution is 7.91. The van der Waals surface area contributed by atoms with Gasteiger partial charge in [-0.1, -0.05) is 0 Å². The van der Waals surface area contributed by atoms with Gasteiger partial charge in [0.05, 0.1) is 12.3 Å². The highest BCUT2D eigenvalue weighted by Gasteiger charge is 2.35. The minimum atomic E-state index is -2.93. The first-order valence-electron chi connectivity index (χ1n) is 7.77. The molecule has 1 saturated heterocycles. The van der Waals surface area contributed by atoms with Crippen LogP contribution >= 0.6 is 12.2 Å². The Labute approximate surface area is 144 Å². The Bertz CT molecular complexity index is 874. The van der Waals surface area contributed by atoms with E-state index in [2.05, 4.69) is 5.10 Å². The molecule has 2 atom stereocenters. The Kier molecular flexibility index (Phi) is 4.84. The Morgan fingerprint density at radius 3 is 2.71 bits per heavy atom. The number of nitrogens with one attached hydrogen (secondary N) is 1. The Morgan fingerprint density at radius 1 is 1.42 bits per heavy atom. The summed E-state index contributed by atoms with van der Waals surface area (Å²) in [6.45, 7) is 3.21. The maximum absolute atomic E-state index is 13.0. The first-order chi connectivity index (χ1) is 11.4. The highest BCUT2D eigenvalue weighted by atomic mass is 32.2. The Hall–Kier alpha value is -1.58. The number of nitrogens with zero attached hydrogens (tertiary/aromatic N) is 2. The molecule has 2 aromatic rings. The summed E-state index contributed by atoms with van der Waals surface area (Å²) >= 11 is 5.21. The molecule has 0 bridgehead atoms. The minimum Gasteiger partial charge on any atom is -0.409 e. The predicted octanol–water partition coefficient (Wildman–Crippen LogP) is 1.06. The molecule has 0 saturated carbocycles. The van der Waals surface area contributed by atoms with Crippen LogP contribution in [0.2, 0.25) is 0 Å². The number of benzene rings is 1. The second kappa shape index (κ2) is 6.73. The van der Waals surface area contributed by atoms with Crippen molar-refractivity contribution in [1.82, 2.24) is 9.78 Å². The molecule has 24 heavy (non-hydrogen) atoms. The van der Waals surface area contributed by atoms with E-state index in [0.29, 0.717) is 24.5 Å². The van der Waals surface area contributed by atoms with Crippen LogP contribution in [0.15, 0.2) is 28.7 Å². The lowest BCUT2D eigenvalue weighted by atomic mass is 10.2. The van der Waals surface area contributed by atoms with Gasteiger partial charge in [0.25, 0.3) is 4.84 Å². The van der Waals surface area contributed by atoms with Gasteiger partial charge in [-0.3, -0.25) is 0 Å². The quantitative estimate of drug-likeness (QED) is 0.795. The number of halogens is 1. The van der Waals surface area contributed by atoms with Crippen molar-refractivity contribution in [1.29, 1.82) is 0 Å². The molecule has 1 aliphatic rings. The summed E-state index contributed by atoms with van der Waals surface area (Å²) in [5.41, 5.74) is 0.641. The topological polar surface area (TPSA) is 69.5 Å². The number of hydrogen-bond donors (Lipinski definition) is 1. The summed E-state index contributed by atoms with van der Waals surface area (Å²) < 4.78 is 43.5. The number of sulfone groups is 1. The van der Waals surface area contributed by atoms with E-state index in [9.17, 15) is 12.8 Å². The highest BCUT2D eigenvalue weighted by Crippen LogP contribution is 2.18. The zero-order valence-electron chi connectivity index (χ0n) is 13.2. The summed E-state index contributed by atoms with van der Waals surface area (Å²) in [7, 11) is -2.93. The second-order valence-corrected chi connectivity index (χ2v) is 8.53. The molecular weight excluding hydrogens is 353 g/mol. The molecule has 0 amide bonds. The van der Waals surface area contributed by atoms with E-state index in [0.717, 1.165) is 11.4 Å². The molecule has 1 N–H and O–H groups in total. The van der Waals surface area contributed by atoms with E-state index >= 15 is 0 Å². The number of aromatic nitrogens is 2. The van der Waals surface area contributed by atoms with Crippen molar-refractivity contribution in [2.24, 2.45) is 0 Å². The van der Waals surface area contributed by atoms with Crippen molar-refractivity contribution in [3.63, 3.8) is 0 Å². The Morgan fingerprint density at radius 2 is 2.12 bits per heavy atom. The molecule has 0 aliphatic carbocycles. The average Bonchev–Trinajstić information content (AvgIpc) is 3.08. The largest absolute Gasteiger partial charge is 0.409 e. The van der Waals surface area contributed by atoms with Gasteiger partial charge in [0.2, 0.25) is 5.89 Å². The first-order valence-corrected chi connectivity index (χ1v) is 10.00. The fraction of sp³-hybridized carbons (Fsp3) is 0.467. The van der Waals surface area contributed by atoms with Gasteiger partial charge in [-0.15, -0.1) is 5.10 Å². The first kappa shape index (κ1) is 17.2. The second-order valence-electron chi connectivity index (χ2n) is 5.95. The van der Waals surface area contributed by atoms with Crippen LogP contribution in [-0.4, -0.2) is 42.3 Å². The molecule has 0 spiro atoms. The van der Waals surface area contributed by atoms with Crippen LogP contribution in [0.1, 0.15) is 13.3 Å². The van der Waals surface area contributed by atoms with Crippen LogP contribution in [0, 0.1) is 10.7 Å². The standard InChI is InChI=1S/C15H18FN3O3S2/c1-2-18(13-7-8-24(20,21)9-13)10-19-15(23)22-14(17-19)11-3-5-12(16)6-4-11/h3-6,13H,2,7-10H2,1H3/p+1/t13-/m0/s1. The van der Waals surface area contributed by atoms with Crippen LogP contribution in [0.3, 0.4) is 0 Å². The third-order valence-electron chi connectivity index (χ3n) is 4.31. The Balaban J connectivity index is 1.80. The predicted molar refractivity (Wildman–Crippen MR) is 89.3 cm³/mol. The molecule has 6 nitrogen and oxygen atoms in total. The molecule has 1 aromatic heterocycles. The monoisotopic (exact) mass is 372 g/mol. The van der Waals surface area contributed by atoms with E-state index in [-0.39, 0.29) is 28.2 Å². The number of rotatable bonds is 5. The number of hydrogen-bond acceptors (Lipinski definition) is 5. The van der Waals surface area contributed by atoms with Crippen LogP contribution in [0.5, 0.6) is 0 Å². The summed E-state index contributed by atoms with van der Waals surface area (Å²) in [4.78, 5) is 1.33. The van der Waals surface area contributed by atoms with E-state index in [4.69, 9.17) is 16.6 Å². The van der Waals surface area contributed by atoms with Gasteiger partial charge in [-0.2, -0.15) is 4.68 Å². The zero-order chi connectivity index (χ0) is 17.3. The van der Waals surface area contributed by atoms with Crippen molar-refractivity contribution >= 4 is 22.1 Å². The van der Waals surface area contributed by atoms with Gasteiger partial charge in [0, 0.05) is 12.0 Å². The van der Waals surface area contributed by atoms with E-state index < -0.39 is 9.84 Å². The smallest absolute Gasteiger partial charge is 0.292 e. The lowest BCUT2D eigenvalue weighted by molar-refractivity contribution is -0.943. The van der Waals surface area contributed by atoms with Crippen LogP contribution in [0.4, 0.5) is 4.39 Å². The van der Waals surface area contributed by atoms with Crippen molar-refractivity contribution in [3.8, 4) is 11.5 Å².